The van der Waals surface area contributed by atoms with Crippen LogP contribution in [-0.2, 0) is 11.2 Å². The standard InChI is InChI=1S/C22H23N5O2/c28-22(24-11-9-17-6-4-14-29-17)16-5-2-12-26(15-16)21-19-8-3-13-27(19)18-7-1-10-23-20(18)25-21/h1,3-4,6-8,10,13-14,16H,2,5,9,11-12,15H2,(H,24,28)/t16-/m1/s1. The van der Waals surface area contributed by atoms with E-state index in [-0.39, 0.29) is 11.8 Å². The van der Waals surface area contributed by atoms with Crippen LogP contribution in [0.3, 0.4) is 0 Å². The van der Waals surface area contributed by atoms with E-state index in [1.807, 2.05) is 36.5 Å². The van der Waals surface area contributed by atoms with Crippen molar-refractivity contribution in [3.8, 4) is 0 Å². The Kier molecular flexibility index (Phi) is 4.63. The summed E-state index contributed by atoms with van der Waals surface area (Å²) in [6.45, 7) is 2.14. The van der Waals surface area contributed by atoms with Gasteiger partial charge in [0.25, 0.3) is 0 Å². The second-order valence-electron chi connectivity index (χ2n) is 7.45. The van der Waals surface area contributed by atoms with Gasteiger partial charge in [-0.2, -0.15) is 0 Å². The average Bonchev–Trinajstić information content (AvgIpc) is 3.45. The minimum absolute atomic E-state index is 0.0448. The summed E-state index contributed by atoms with van der Waals surface area (Å²) in [7, 11) is 0. The van der Waals surface area contributed by atoms with E-state index in [9.17, 15) is 4.79 Å². The van der Waals surface area contributed by atoms with Gasteiger partial charge in [-0.3, -0.25) is 4.79 Å². The zero-order valence-electron chi connectivity index (χ0n) is 16.1. The summed E-state index contributed by atoms with van der Waals surface area (Å²) < 4.78 is 7.45. The number of carbonyl (C=O) groups excluding carboxylic acids is 1. The van der Waals surface area contributed by atoms with E-state index in [2.05, 4.69) is 25.7 Å². The van der Waals surface area contributed by atoms with Crippen molar-refractivity contribution in [2.75, 3.05) is 24.5 Å². The second kappa shape index (κ2) is 7.58. The molecule has 1 atom stereocenters. The van der Waals surface area contributed by atoms with E-state index in [4.69, 9.17) is 9.40 Å². The Morgan fingerprint density at radius 1 is 1.21 bits per heavy atom. The van der Waals surface area contributed by atoms with Gasteiger partial charge in [-0.05, 0) is 49.2 Å². The first-order valence-electron chi connectivity index (χ1n) is 10.1. The number of hydrogen-bond donors (Lipinski definition) is 1. The Balaban J connectivity index is 1.33. The summed E-state index contributed by atoms with van der Waals surface area (Å²) in [4.78, 5) is 24.2. The van der Waals surface area contributed by atoms with Crippen molar-refractivity contribution < 1.29 is 9.21 Å². The van der Waals surface area contributed by atoms with Gasteiger partial charge in [-0.15, -0.1) is 0 Å². The minimum atomic E-state index is -0.0448. The largest absolute Gasteiger partial charge is 0.469 e. The number of pyridine rings is 1. The first kappa shape index (κ1) is 17.7. The van der Waals surface area contributed by atoms with Gasteiger partial charge in [0.1, 0.15) is 5.76 Å². The number of fused-ring (bicyclic) bond motifs is 3. The molecule has 0 spiro atoms. The molecule has 0 bridgehead atoms. The Morgan fingerprint density at radius 3 is 3.03 bits per heavy atom. The van der Waals surface area contributed by atoms with Gasteiger partial charge in [0.05, 0.1) is 23.2 Å². The highest BCUT2D eigenvalue weighted by molar-refractivity contribution is 5.84. The Hall–Kier alpha value is -3.35. The zero-order chi connectivity index (χ0) is 19.6. The Labute approximate surface area is 168 Å². The molecule has 0 unspecified atom stereocenters. The maximum atomic E-state index is 12.7. The van der Waals surface area contributed by atoms with Crippen LogP contribution < -0.4 is 10.2 Å². The summed E-state index contributed by atoms with van der Waals surface area (Å²) >= 11 is 0. The number of amides is 1. The maximum Gasteiger partial charge on any atom is 0.224 e. The molecule has 1 amide bonds. The molecule has 0 aromatic carbocycles. The fourth-order valence-corrected chi connectivity index (χ4v) is 4.12. The predicted octanol–water partition coefficient (Wildman–Crippen LogP) is 3.05. The topological polar surface area (TPSA) is 75.7 Å². The fourth-order valence-electron chi connectivity index (χ4n) is 4.12. The number of nitrogens with zero attached hydrogens (tertiary/aromatic N) is 4. The molecule has 1 fully saturated rings. The summed E-state index contributed by atoms with van der Waals surface area (Å²) in [5, 5.41) is 3.06. The van der Waals surface area contributed by atoms with Gasteiger partial charge in [0, 0.05) is 38.4 Å². The van der Waals surface area contributed by atoms with Gasteiger partial charge in [0.2, 0.25) is 5.91 Å². The van der Waals surface area contributed by atoms with Crippen LogP contribution in [0.25, 0.3) is 16.7 Å². The molecule has 1 aliphatic heterocycles. The summed E-state index contributed by atoms with van der Waals surface area (Å²) in [6.07, 6.45) is 8.02. The van der Waals surface area contributed by atoms with Crippen molar-refractivity contribution >= 4 is 28.4 Å². The normalized spacial score (nSPS) is 17.1. The highest BCUT2D eigenvalue weighted by Crippen LogP contribution is 2.28. The Bertz CT molecular complexity index is 1130. The molecular weight excluding hydrogens is 366 g/mol. The van der Waals surface area contributed by atoms with Crippen molar-refractivity contribution in [1.82, 2.24) is 19.7 Å². The van der Waals surface area contributed by atoms with Gasteiger partial charge in [-0.1, -0.05) is 0 Å². The van der Waals surface area contributed by atoms with E-state index in [1.165, 1.54) is 0 Å². The smallest absolute Gasteiger partial charge is 0.224 e. The van der Waals surface area contributed by atoms with Gasteiger partial charge >= 0.3 is 0 Å². The number of nitrogens with one attached hydrogen (secondary N) is 1. The number of aromatic nitrogens is 3. The molecule has 0 aliphatic carbocycles. The third-order valence-electron chi connectivity index (χ3n) is 5.56. The van der Waals surface area contributed by atoms with Crippen molar-refractivity contribution in [1.29, 1.82) is 0 Å². The number of anilines is 1. The van der Waals surface area contributed by atoms with Crippen molar-refractivity contribution in [3.05, 3.63) is 60.8 Å². The molecule has 5 heterocycles. The predicted molar refractivity (Wildman–Crippen MR) is 111 cm³/mol. The lowest BCUT2D eigenvalue weighted by molar-refractivity contribution is -0.125. The third kappa shape index (κ3) is 3.44. The van der Waals surface area contributed by atoms with Crippen LogP contribution in [-0.4, -0.2) is 39.9 Å². The molecule has 0 radical (unpaired) electrons. The highest BCUT2D eigenvalue weighted by Gasteiger charge is 2.27. The van der Waals surface area contributed by atoms with Crippen molar-refractivity contribution in [2.45, 2.75) is 19.3 Å². The lowest BCUT2D eigenvalue weighted by Crippen LogP contribution is -2.44. The minimum Gasteiger partial charge on any atom is -0.469 e. The van der Waals surface area contributed by atoms with Gasteiger partial charge in [0.15, 0.2) is 11.5 Å². The van der Waals surface area contributed by atoms with Gasteiger partial charge in [-0.25, -0.2) is 9.97 Å². The molecule has 0 saturated carbocycles. The molecule has 4 aromatic heterocycles. The number of piperidine rings is 1. The highest BCUT2D eigenvalue weighted by atomic mass is 16.3. The lowest BCUT2D eigenvalue weighted by Gasteiger charge is -2.33. The van der Waals surface area contributed by atoms with Crippen LogP contribution in [0.5, 0.6) is 0 Å². The quantitative estimate of drug-likeness (QED) is 0.568. The maximum absolute atomic E-state index is 12.7. The van der Waals surface area contributed by atoms with Crippen molar-refractivity contribution in [3.63, 3.8) is 0 Å². The number of carbonyl (C=O) groups is 1. The third-order valence-corrected chi connectivity index (χ3v) is 5.56. The Morgan fingerprint density at radius 2 is 2.14 bits per heavy atom. The van der Waals surface area contributed by atoms with Gasteiger partial charge < -0.3 is 19.0 Å². The molecule has 1 N–H and O–H groups in total. The summed E-state index contributed by atoms with van der Waals surface area (Å²) in [6, 6.07) is 11.8. The monoisotopic (exact) mass is 389 g/mol. The van der Waals surface area contributed by atoms with Crippen LogP contribution in [0.15, 0.2) is 59.5 Å². The molecule has 1 aliphatic rings. The fraction of sp³-hybridized carbons (Fsp3) is 0.318. The molecular formula is C22H23N5O2. The SMILES string of the molecule is O=C(NCCc1ccco1)[C@@H]1CCCN(c2nc3ncccc3n3cccc23)C1. The molecule has 4 aromatic rings. The van der Waals surface area contributed by atoms with Crippen LogP contribution in [0.1, 0.15) is 18.6 Å². The van der Waals surface area contributed by atoms with Crippen LogP contribution >= 0.6 is 0 Å². The van der Waals surface area contributed by atoms with Crippen LogP contribution in [0, 0.1) is 5.92 Å². The van der Waals surface area contributed by atoms with E-state index < -0.39 is 0 Å². The van der Waals surface area contributed by atoms with Crippen molar-refractivity contribution in [2.24, 2.45) is 5.92 Å². The number of furan rings is 1. The molecule has 1 saturated heterocycles. The van der Waals surface area contributed by atoms with E-state index in [0.717, 1.165) is 47.6 Å². The molecule has 29 heavy (non-hydrogen) atoms. The van der Waals surface area contributed by atoms with E-state index in [0.29, 0.717) is 19.5 Å². The van der Waals surface area contributed by atoms with E-state index in [1.54, 1.807) is 12.5 Å². The first-order chi connectivity index (χ1) is 14.3. The van der Waals surface area contributed by atoms with Crippen LogP contribution in [0.4, 0.5) is 5.82 Å². The number of hydrogen-bond acceptors (Lipinski definition) is 5. The molecule has 7 heteroatoms. The van der Waals surface area contributed by atoms with Crippen LogP contribution in [0.2, 0.25) is 0 Å². The zero-order valence-corrected chi connectivity index (χ0v) is 16.1. The lowest BCUT2D eigenvalue weighted by atomic mass is 9.97. The molecule has 148 valence electrons. The van der Waals surface area contributed by atoms with E-state index >= 15 is 0 Å². The average molecular weight is 389 g/mol. The summed E-state index contributed by atoms with van der Waals surface area (Å²) in [5.74, 6) is 1.84. The molecule has 7 nitrogen and oxygen atoms in total. The first-order valence-corrected chi connectivity index (χ1v) is 10.1. The second-order valence-corrected chi connectivity index (χ2v) is 7.45. The summed E-state index contributed by atoms with van der Waals surface area (Å²) in [5.41, 5.74) is 2.75. The molecule has 5 rings (SSSR count). The number of rotatable bonds is 5.